The van der Waals surface area contributed by atoms with Crippen LogP contribution in [0.2, 0.25) is 0 Å². The summed E-state index contributed by atoms with van der Waals surface area (Å²) in [6.07, 6.45) is -0.362. The number of aromatic nitrogens is 2. The van der Waals surface area contributed by atoms with Gasteiger partial charge < -0.3 is 10.6 Å². The summed E-state index contributed by atoms with van der Waals surface area (Å²) in [6.45, 7) is 4.98. The van der Waals surface area contributed by atoms with Crippen LogP contribution in [0.4, 0.5) is 13.9 Å². The molecule has 0 unspecified atom stereocenters. The molecule has 1 aromatic rings. The summed E-state index contributed by atoms with van der Waals surface area (Å²) in [4.78, 5) is 0. The van der Waals surface area contributed by atoms with Crippen LogP contribution in [-0.2, 0) is 0 Å². The topological polar surface area (TPSA) is 49.8 Å². The van der Waals surface area contributed by atoms with Gasteiger partial charge in [0.2, 0.25) is 5.13 Å². The van der Waals surface area contributed by atoms with Crippen molar-refractivity contribution in [2.75, 3.05) is 25.0 Å². The minimum atomic E-state index is -2.53. The molecule has 0 bridgehead atoms. The number of alkyl halides is 2. The fourth-order valence-electron chi connectivity index (χ4n) is 1.89. The van der Waals surface area contributed by atoms with Crippen molar-refractivity contribution in [3.8, 4) is 0 Å². The van der Waals surface area contributed by atoms with Crippen molar-refractivity contribution < 1.29 is 8.78 Å². The van der Waals surface area contributed by atoms with E-state index in [0.717, 1.165) is 43.8 Å². The van der Waals surface area contributed by atoms with Crippen molar-refractivity contribution in [2.24, 2.45) is 5.41 Å². The first-order chi connectivity index (χ1) is 8.09. The van der Waals surface area contributed by atoms with E-state index < -0.39 is 6.43 Å². The van der Waals surface area contributed by atoms with Gasteiger partial charge in [0, 0.05) is 6.54 Å². The van der Waals surface area contributed by atoms with Gasteiger partial charge >= 0.3 is 0 Å². The highest BCUT2D eigenvalue weighted by atomic mass is 32.1. The van der Waals surface area contributed by atoms with Crippen LogP contribution in [0.5, 0.6) is 0 Å². The van der Waals surface area contributed by atoms with Crippen molar-refractivity contribution in [3.63, 3.8) is 0 Å². The van der Waals surface area contributed by atoms with Crippen LogP contribution in [0.25, 0.3) is 0 Å². The summed E-state index contributed by atoms with van der Waals surface area (Å²) in [5.74, 6) is 0. The van der Waals surface area contributed by atoms with Gasteiger partial charge in [0.25, 0.3) is 6.43 Å². The maximum absolute atomic E-state index is 12.3. The second kappa shape index (κ2) is 5.22. The maximum Gasteiger partial charge on any atom is 0.291 e. The lowest BCUT2D eigenvalue weighted by atomic mass is 9.81. The molecule has 17 heavy (non-hydrogen) atoms. The van der Waals surface area contributed by atoms with Crippen molar-refractivity contribution in [3.05, 3.63) is 5.01 Å². The third-order valence-corrected chi connectivity index (χ3v) is 3.99. The van der Waals surface area contributed by atoms with Gasteiger partial charge in [-0.2, -0.15) is 0 Å². The molecule has 4 nitrogen and oxygen atoms in total. The number of piperidine rings is 1. The van der Waals surface area contributed by atoms with E-state index in [0.29, 0.717) is 5.13 Å². The van der Waals surface area contributed by atoms with Crippen LogP contribution in [0, 0.1) is 5.41 Å². The number of halogens is 2. The largest absolute Gasteiger partial charge is 0.360 e. The smallest absolute Gasteiger partial charge is 0.291 e. The van der Waals surface area contributed by atoms with Gasteiger partial charge in [-0.3, -0.25) is 0 Å². The normalized spacial score (nSPS) is 19.5. The van der Waals surface area contributed by atoms with Gasteiger partial charge in [-0.1, -0.05) is 18.3 Å². The zero-order valence-electron chi connectivity index (χ0n) is 9.67. The Hall–Kier alpha value is -0.820. The molecule has 96 valence electrons. The zero-order valence-corrected chi connectivity index (χ0v) is 10.5. The van der Waals surface area contributed by atoms with E-state index in [1.807, 2.05) is 0 Å². The van der Waals surface area contributed by atoms with Gasteiger partial charge in [-0.05, 0) is 31.3 Å². The molecule has 7 heteroatoms. The van der Waals surface area contributed by atoms with Crippen LogP contribution < -0.4 is 10.6 Å². The Labute approximate surface area is 103 Å². The number of hydrogen-bond donors (Lipinski definition) is 2. The van der Waals surface area contributed by atoms with Crippen molar-refractivity contribution in [1.82, 2.24) is 15.5 Å². The van der Waals surface area contributed by atoms with Crippen molar-refractivity contribution in [2.45, 2.75) is 26.2 Å². The first kappa shape index (κ1) is 12.6. The van der Waals surface area contributed by atoms with Crippen molar-refractivity contribution >= 4 is 16.5 Å². The van der Waals surface area contributed by atoms with Gasteiger partial charge in [0.05, 0.1) is 0 Å². The quantitative estimate of drug-likeness (QED) is 0.874. The molecule has 0 spiro atoms. The molecular formula is C10H16F2N4S. The van der Waals surface area contributed by atoms with Crippen molar-refractivity contribution in [1.29, 1.82) is 0 Å². The Morgan fingerprint density at radius 3 is 2.71 bits per heavy atom. The minimum Gasteiger partial charge on any atom is -0.360 e. The highest BCUT2D eigenvalue weighted by molar-refractivity contribution is 7.15. The Bertz CT molecular complexity index is 363. The zero-order chi connectivity index (χ0) is 12.3. The number of rotatable bonds is 4. The number of nitrogens with one attached hydrogen (secondary N) is 2. The van der Waals surface area contributed by atoms with E-state index in [1.54, 1.807) is 0 Å². The van der Waals surface area contributed by atoms with E-state index in [2.05, 4.69) is 27.8 Å². The molecule has 1 saturated heterocycles. The van der Waals surface area contributed by atoms with Crippen LogP contribution >= 0.6 is 11.3 Å². The molecule has 0 radical (unpaired) electrons. The number of hydrogen-bond acceptors (Lipinski definition) is 5. The molecule has 1 aromatic heterocycles. The summed E-state index contributed by atoms with van der Waals surface area (Å²) >= 11 is 0.929. The number of nitrogens with zero attached hydrogens (tertiary/aromatic N) is 2. The average molecular weight is 262 g/mol. The molecule has 1 aliphatic heterocycles. The highest BCUT2D eigenvalue weighted by Gasteiger charge is 2.26. The van der Waals surface area contributed by atoms with Crippen LogP contribution in [0.3, 0.4) is 0 Å². The van der Waals surface area contributed by atoms with Gasteiger partial charge in [-0.25, -0.2) is 8.78 Å². The van der Waals surface area contributed by atoms with E-state index in [1.165, 1.54) is 0 Å². The van der Waals surface area contributed by atoms with Crippen LogP contribution in [0.15, 0.2) is 0 Å². The Morgan fingerprint density at radius 1 is 1.41 bits per heavy atom. The molecule has 0 aliphatic carbocycles. The summed E-state index contributed by atoms with van der Waals surface area (Å²) in [7, 11) is 0. The van der Waals surface area contributed by atoms with Gasteiger partial charge in [-0.15, -0.1) is 10.2 Å². The van der Waals surface area contributed by atoms with Crippen LogP contribution in [-0.4, -0.2) is 29.8 Å². The Kier molecular flexibility index (Phi) is 3.88. The predicted molar refractivity (Wildman–Crippen MR) is 63.6 cm³/mol. The molecular weight excluding hydrogens is 246 g/mol. The second-order valence-corrected chi connectivity index (χ2v) is 5.67. The van der Waals surface area contributed by atoms with Crippen LogP contribution in [0.1, 0.15) is 31.2 Å². The summed E-state index contributed by atoms with van der Waals surface area (Å²) in [5, 5.41) is 13.8. The first-order valence-corrected chi connectivity index (χ1v) is 6.47. The third kappa shape index (κ3) is 3.32. The minimum absolute atomic E-state index is 0.210. The van der Waals surface area contributed by atoms with E-state index in [4.69, 9.17) is 0 Å². The molecule has 1 fully saturated rings. The summed E-state index contributed by atoms with van der Waals surface area (Å²) in [6, 6.07) is 0. The molecule has 0 saturated carbocycles. The maximum atomic E-state index is 12.3. The summed E-state index contributed by atoms with van der Waals surface area (Å²) in [5.41, 5.74) is 0.210. The number of anilines is 1. The summed E-state index contributed by atoms with van der Waals surface area (Å²) < 4.78 is 24.6. The van der Waals surface area contributed by atoms with E-state index in [9.17, 15) is 8.78 Å². The molecule has 0 atom stereocenters. The van der Waals surface area contributed by atoms with E-state index >= 15 is 0 Å². The molecule has 0 aromatic carbocycles. The third-order valence-electron chi connectivity index (χ3n) is 3.10. The predicted octanol–water partition coefficient (Wildman–Crippen LogP) is 2.28. The fraction of sp³-hybridized carbons (Fsp3) is 0.800. The standard InChI is InChI=1S/C10H16F2N4S/c1-10(2-4-13-5-3-10)6-14-9-16-15-8(17-9)7(11)12/h7,13H,2-6H2,1H3,(H,14,16). The fourth-order valence-corrected chi connectivity index (χ4v) is 2.49. The Balaban J connectivity index is 1.88. The molecule has 1 aliphatic rings. The molecule has 2 rings (SSSR count). The van der Waals surface area contributed by atoms with Gasteiger partial charge in [0.15, 0.2) is 5.01 Å². The molecule has 2 heterocycles. The van der Waals surface area contributed by atoms with E-state index in [-0.39, 0.29) is 10.4 Å². The van der Waals surface area contributed by atoms with Gasteiger partial charge in [0.1, 0.15) is 0 Å². The second-order valence-electron chi connectivity index (χ2n) is 4.66. The lowest BCUT2D eigenvalue weighted by Gasteiger charge is -2.33. The highest BCUT2D eigenvalue weighted by Crippen LogP contribution is 2.30. The Morgan fingerprint density at radius 2 is 2.12 bits per heavy atom. The molecule has 2 N–H and O–H groups in total. The SMILES string of the molecule is CC1(CNc2nnc(C(F)F)s2)CCNCC1. The lowest BCUT2D eigenvalue weighted by Crippen LogP contribution is -2.39. The average Bonchev–Trinajstić information content (AvgIpc) is 2.76. The lowest BCUT2D eigenvalue weighted by molar-refractivity contribution is 0.150. The first-order valence-electron chi connectivity index (χ1n) is 5.65. The molecule has 0 amide bonds. The monoisotopic (exact) mass is 262 g/mol.